The molecule has 0 bridgehead atoms. The number of aliphatic hydroxyl groups is 1. The second-order valence-corrected chi connectivity index (χ2v) is 9.65. The van der Waals surface area contributed by atoms with Crippen LogP contribution in [0.15, 0.2) is 42.5 Å². The highest BCUT2D eigenvalue weighted by molar-refractivity contribution is 5.95. The van der Waals surface area contributed by atoms with Crippen molar-refractivity contribution in [1.29, 1.82) is 0 Å². The lowest BCUT2D eigenvalue weighted by atomic mass is 9.74. The van der Waals surface area contributed by atoms with Crippen LogP contribution in [0.2, 0.25) is 0 Å². The van der Waals surface area contributed by atoms with Crippen molar-refractivity contribution >= 4 is 5.91 Å². The minimum Gasteiger partial charge on any atom is -0.454 e. The number of nitrogens with zero attached hydrogens (tertiary/aromatic N) is 2. The van der Waals surface area contributed by atoms with Gasteiger partial charge in [0.05, 0.1) is 6.61 Å². The maximum absolute atomic E-state index is 13.5. The largest absolute Gasteiger partial charge is 0.454 e. The number of amides is 1. The molecule has 3 aliphatic heterocycles. The Hall–Kier alpha value is -3.01. The van der Waals surface area contributed by atoms with E-state index in [0.29, 0.717) is 29.5 Å². The summed E-state index contributed by atoms with van der Waals surface area (Å²) in [4.78, 5) is 17.8. The predicted molar refractivity (Wildman–Crippen MR) is 130 cm³/mol. The monoisotopic (exact) mass is 460 g/mol. The molecule has 2 aromatic rings. The highest BCUT2D eigenvalue weighted by Crippen LogP contribution is 2.42. The molecule has 1 amide bonds. The number of carbonyl (C=O) groups excluding carboxylic acids is 1. The zero-order chi connectivity index (χ0) is 23.7. The van der Waals surface area contributed by atoms with Crippen LogP contribution in [0, 0.1) is 17.8 Å². The van der Waals surface area contributed by atoms with Crippen molar-refractivity contribution in [3.63, 3.8) is 0 Å². The smallest absolute Gasteiger partial charge is 0.254 e. The Balaban J connectivity index is 1.37. The molecule has 2 aromatic carbocycles. The highest BCUT2D eigenvalue weighted by atomic mass is 16.7. The number of ether oxygens (including phenoxy) is 2. The van der Waals surface area contributed by atoms with Gasteiger partial charge in [-0.2, -0.15) is 0 Å². The maximum Gasteiger partial charge on any atom is 0.254 e. The third kappa shape index (κ3) is 4.38. The van der Waals surface area contributed by atoms with Gasteiger partial charge in [0, 0.05) is 48.1 Å². The van der Waals surface area contributed by atoms with E-state index in [1.807, 2.05) is 17.0 Å². The van der Waals surface area contributed by atoms with Crippen molar-refractivity contribution < 1.29 is 19.4 Å². The van der Waals surface area contributed by atoms with E-state index in [9.17, 15) is 9.90 Å². The summed E-state index contributed by atoms with van der Waals surface area (Å²) < 4.78 is 10.9. The molecule has 6 heteroatoms. The summed E-state index contributed by atoms with van der Waals surface area (Å²) in [6.45, 7) is 6.81. The summed E-state index contributed by atoms with van der Waals surface area (Å²) in [6, 6.07) is 14.1. The zero-order valence-electron chi connectivity index (χ0n) is 19.9. The summed E-state index contributed by atoms with van der Waals surface area (Å²) in [5.74, 6) is 8.28. The molecular formula is C28H32N2O4. The van der Waals surface area contributed by atoms with E-state index in [1.54, 1.807) is 6.07 Å². The number of carbonyl (C=O) groups is 1. The normalized spacial score (nSPS) is 23.9. The molecule has 6 nitrogen and oxygen atoms in total. The first kappa shape index (κ1) is 22.8. The third-order valence-electron chi connectivity index (χ3n) is 7.08. The fourth-order valence-electron chi connectivity index (χ4n) is 5.35. The van der Waals surface area contributed by atoms with Crippen LogP contribution < -0.4 is 9.47 Å². The van der Waals surface area contributed by atoms with E-state index in [1.165, 1.54) is 5.56 Å². The molecule has 0 saturated carbocycles. The van der Waals surface area contributed by atoms with Gasteiger partial charge in [0.1, 0.15) is 0 Å². The molecular weight excluding hydrogens is 428 g/mol. The van der Waals surface area contributed by atoms with Crippen molar-refractivity contribution in [3.8, 4) is 23.3 Å². The van der Waals surface area contributed by atoms with Gasteiger partial charge in [-0.3, -0.25) is 9.69 Å². The van der Waals surface area contributed by atoms with E-state index in [-0.39, 0.29) is 37.3 Å². The van der Waals surface area contributed by atoms with Gasteiger partial charge >= 0.3 is 0 Å². The molecule has 5 rings (SSSR count). The van der Waals surface area contributed by atoms with Crippen molar-refractivity contribution in [1.82, 2.24) is 9.80 Å². The first-order valence-electron chi connectivity index (χ1n) is 12.2. The van der Waals surface area contributed by atoms with Crippen molar-refractivity contribution in [3.05, 3.63) is 59.2 Å². The fourth-order valence-corrected chi connectivity index (χ4v) is 5.35. The molecule has 178 valence electrons. The number of hydrogen-bond donors (Lipinski definition) is 1. The molecule has 0 radical (unpaired) electrons. The Morgan fingerprint density at radius 3 is 2.62 bits per heavy atom. The number of benzene rings is 2. The molecule has 2 saturated heterocycles. The molecule has 3 atom stereocenters. The highest BCUT2D eigenvalue weighted by Gasteiger charge is 2.49. The Labute approximate surface area is 201 Å². The molecule has 2 fully saturated rings. The SMILES string of the molecule is CC(C)C#Cc1ccc([C@@H]2[C@H](CO)N3CCCCN(C(=O)c4ccc5c(c4)OCO5)C[C@@H]23)cc1. The summed E-state index contributed by atoms with van der Waals surface area (Å²) >= 11 is 0. The fraction of sp³-hybridized carbons (Fsp3) is 0.464. The lowest BCUT2D eigenvalue weighted by molar-refractivity contribution is -0.0606. The molecule has 3 aliphatic rings. The Bertz CT molecular complexity index is 1100. The number of fused-ring (bicyclic) bond motifs is 2. The topological polar surface area (TPSA) is 62.2 Å². The van der Waals surface area contributed by atoms with Crippen LogP contribution in [0.1, 0.15) is 54.1 Å². The predicted octanol–water partition coefficient (Wildman–Crippen LogP) is 3.49. The minimum atomic E-state index is 0.0191. The van der Waals surface area contributed by atoms with Gasteiger partial charge in [-0.05, 0) is 55.3 Å². The van der Waals surface area contributed by atoms with Gasteiger partial charge in [-0.1, -0.05) is 37.8 Å². The second kappa shape index (κ2) is 9.69. The summed E-state index contributed by atoms with van der Waals surface area (Å²) in [5, 5.41) is 10.2. The lowest BCUT2D eigenvalue weighted by Crippen LogP contribution is -2.67. The van der Waals surface area contributed by atoms with E-state index in [2.05, 4.69) is 54.9 Å². The molecule has 0 aliphatic carbocycles. The van der Waals surface area contributed by atoms with Crippen LogP contribution >= 0.6 is 0 Å². The first-order valence-corrected chi connectivity index (χ1v) is 12.2. The van der Waals surface area contributed by atoms with Gasteiger partial charge in [-0.15, -0.1) is 0 Å². The van der Waals surface area contributed by atoms with E-state index in [0.717, 1.165) is 31.5 Å². The minimum absolute atomic E-state index is 0.0191. The molecule has 1 N–H and O–H groups in total. The summed E-state index contributed by atoms with van der Waals surface area (Å²) in [6.07, 6.45) is 1.96. The molecule has 0 spiro atoms. The quantitative estimate of drug-likeness (QED) is 0.711. The van der Waals surface area contributed by atoms with E-state index in [4.69, 9.17) is 9.47 Å². The van der Waals surface area contributed by atoms with E-state index < -0.39 is 0 Å². The average Bonchev–Trinajstić information content (AvgIpc) is 3.30. The van der Waals surface area contributed by atoms with Gasteiger partial charge in [0.15, 0.2) is 11.5 Å². The van der Waals surface area contributed by atoms with Crippen LogP contribution in [0.5, 0.6) is 11.5 Å². The lowest BCUT2D eigenvalue weighted by Gasteiger charge is -2.57. The van der Waals surface area contributed by atoms with Gasteiger partial charge in [0.2, 0.25) is 6.79 Å². The van der Waals surface area contributed by atoms with E-state index >= 15 is 0 Å². The molecule has 0 unspecified atom stereocenters. The van der Waals surface area contributed by atoms with Gasteiger partial charge in [0.25, 0.3) is 5.91 Å². The Morgan fingerprint density at radius 1 is 1.09 bits per heavy atom. The summed E-state index contributed by atoms with van der Waals surface area (Å²) in [5.41, 5.74) is 2.83. The molecule has 34 heavy (non-hydrogen) atoms. The zero-order valence-corrected chi connectivity index (χ0v) is 19.9. The second-order valence-electron chi connectivity index (χ2n) is 9.65. The van der Waals surface area contributed by atoms with Crippen LogP contribution in [-0.4, -0.2) is 65.9 Å². The van der Waals surface area contributed by atoms with Crippen molar-refractivity contribution in [2.45, 2.75) is 44.7 Å². The maximum atomic E-state index is 13.5. The molecule has 3 heterocycles. The third-order valence-corrected chi connectivity index (χ3v) is 7.08. The standard InChI is InChI=1S/C28H32N2O4/c1-19(2)5-6-20-7-9-21(10-8-20)27-23-16-29(13-3-4-14-30(23)24(27)17-31)28(32)22-11-12-25-26(15-22)34-18-33-25/h7-12,15,19,23-24,27,31H,3-4,13-14,16-18H2,1-2H3/t23-,24-,27-/m0/s1. The molecule has 0 aromatic heterocycles. The van der Waals surface area contributed by atoms with Gasteiger partial charge in [-0.25, -0.2) is 0 Å². The van der Waals surface area contributed by atoms with Crippen LogP contribution in [0.4, 0.5) is 0 Å². The van der Waals surface area contributed by atoms with Crippen LogP contribution in [-0.2, 0) is 0 Å². The summed E-state index contributed by atoms with van der Waals surface area (Å²) in [7, 11) is 0. The number of rotatable bonds is 3. The van der Waals surface area contributed by atoms with Crippen molar-refractivity contribution in [2.75, 3.05) is 33.0 Å². The number of aliphatic hydroxyl groups excluding tert-OH is 1. The number of hydrogen-bond acceptors (Lipinski definition) is 5. The van der Waals surface area contributed by atoms with Crippen LogP contribution in [0.3, 0.4) is 0 Å². The average molecular weight is 461 g/mol. The Kier molecular flexibility index (Phi) is 6.49. The first-order chi connectivity index (χ1) is 16.5. The Morgan fingerprint density at radius 2 is 1.85 bits per heavy atom. The van der Waals surface area contributed by atoms with Gasteiger partial charge < -0.3 is 19.5 Å². The van der Waals surface area contributed by atoms with Crippen molar-refractivity contribution in [2.24, 2.45) is 5.92 Å². The van der Waals surface area contributed by atoms with Crippen LogP contribution in [0.25, 0.3) is 0 Å².